The fourth-order valence-electron chi connectivity index (χ4n) is 14.9. The standard InChI is InChI=1S/C77H62/c1-43-35-61-63(37-45(43)3)73(59-23-13-11-21-57(59)71(61)47-27-31-53-51-19-15-17-25-65(51)75(5,6)67(53)39-47)49-29-33-55-56-34-30-50(42-70(56)77(9,10)69(55)41-49)74-60-24-14-12-22-58(60)72(62-36-44(2)46(4)38-64(62)74)48-28-32-54-52-20-16-18-26-66(52)76(7,8)68(54)40-48/h11-42H,1-10H3. The van der Waals surface area contributed by atoms with Gasteiger partial charge >= 0.3 is 0 Å². The van der Waals surface area contributed by atoms with Crippen molar-refractivity contribution in [3.05, 3.63) is 250 Å². The summed E-state index contributed by atoms with van der Waals surface area (Å²) in [7, 11) is 0. The van der Waals surface area contributed by atoms with Crippen LogP contribution >= 0.6 is 0 Å². The van der Waals surface area contributed by atoms with Gasteiger partial charge in [-0.05, 0) is 229 Å². The molecule has 3 aliphatic carbocycles. The highest BCUT2D eigenvalue weighted by molar-refractivity contribution is 6.23. The molecule has 0 aromatic heterocycles. The minimum Gasteiger partial charge on any atom is -0.0619 e. The summed E-state index contributed by atoms with van der Waals surface area (Å²) in [5.74, 6) is 0. The number of hydrogen-bond acceptors (Lipinski definition) is 0. The molecule has 0 fully saturated rings. The van der Waals surface area contributed by atoms with Crippen LogP contribution in [-0.2, 0) is 16.2 Å². The zero-order chi connectivity index (χ0) is 52.6. The molecule has 0 heterocycles. The highest BCUT2D eigenvalue weighted by Gasteiger charge is 2.39. The Morgan fingerprint density at radius 2 is 0.429 bits per heavy atom. The Kier molecular flexibility index (Phi) is 9.49. The molecule has 0 atom stereocenters. The number of aryl methyl sites for hydroxylation is 4. The molecular weight excluding hydrogens is 925 g/mol. The second-order valence-electron chi connectivity index (χ2n) is 24.6. The van der Waals surface area contributed by atoms with Gasteiger partial charge in [-0.25, -0.2) is 0 Å². The summed E-state index contributed by atoms with van der Waals surface area (Å²) in [6.45, 7) is 23.6. The summed E-state index contributed by atoms with van der Waals surface area (Å²) < 4.78 is 0. The first-order valence-electron chi connectivity index (χ1n) is 27.8. The van der Waals surface area contributed by atoms with Crippen molar-refractivity contribution in [2.45, 2.75) is 85.5 Å². The first-order valence-corrected chi connectivity index (χ1v) is 27.8. The molecule has 370 valence electrons. The van der Waals surface area contributed by atoms with Crippen LogP contribution in [0.4, 0.5) is 0 Å². The molecule has 0 heteroatoms. The quantitative estimate of drug-likeness (QED) is 0.154. The summed E-state index contributed by atoms with van der Waals surface area (Å²) >= 11 is 0. The van der Waals surface area contributed by atoms with Crippen molar-refractivity contribution in [2.75, 3.05) is 0 Å². The Bertz CT molecular complexity index is 4330. The average Bonchev–Trinajstić information content (AvgIpc) is 4.05. The van der Waals surface area contributed by atoms with E-state index in [4.69, 9.17) is 0 Å². The summed E-state index contributed by atoms with van der Waals surface area (Å²) in [4.78, 5) is 0. The van der Waals surface area contributed by atoms with Gasteiger partial charge in [0.25, 0.3) is 0 Å². The molecule has 0 bridgehead atoms. The molecule has 0 saturated carbocycles. The van der Waals surface area contributed by atoms with Crippen LogP contribution in [0.3, 0.4) is 0 Å². The van der Waals surface area contributed by atoms with E-state index >= 15 is 0 Å². The zero-order valence-corrected chi connectivity index (χ0v) is 46.0. The van der Waals surface area contributed by atoms with Gasteiger partial charge in [-0.1, -0.05) is 211 Å². The zero-order valence-electron chi connectivity index (χ0n) is 46.0. The van der Waals surface area contributed by atoms with E-state index in [1.54, 1.807) is 0 Å². The van der Waals surface area contributed by atoms with Crippen LogP contribution in [-0.4, -0.2) is 0 Å². The molecule has 12 aromatic carbocycles. The fraction of sp³-hybridized carbons (Fsp3) is 0.169. The number of fused-ring (bicyclic) bond motifs is 13. The van der Waals surface area contributed by atoms with Crippen LogP contribution in [0.1, 0.15) is 97.2 Å². The van der Waals surface area contributed by atoms with Crippen molar-refractivity contribution in [1.82, 2.24) is 0 Å². The van der Waals surface area contributed by atoms with Gasteiger partial charge in [0.2, 0.25) is 0 Å². The number of rotatable bonds is 4. The van der Waals surface area contributed by atoms with E-state index in [0.717, 1.165) is 0 Å². The lowest BCUT2D eigenvalue weighted by atomic mass is 9.78. The van der Waals surface area contributed by atoms with Gasteiger partial charge < -0.3 is 0 Å². The van der Waals surface area contributed by atoms with Crippen molar-refractivity contribution < 1.29 is 0 Å². The van der Waals surface area contributed by atoms with Crippen molar-refractivity contribution in [1.29, 1.82) is 0 Å². The Labute approximate surface area is 453 Å². The Morgan fingerprint density at radius 3 is 0.701 bits per heavy atom. The first-order chi connectivity index (χ1) is 37.1. The molecule has 12 aromatic rings. The van der Waals surface area contributed by atoms with Gasteiger partial charge in [0, 0.05) is 16.2 Å². The van der Waals surface area contributed by atoms with Gasteiger partial charge in [0.15, 0.2) is 0 Å². The summed E-state index contributed by atoms with van der Waals surface area (Å²) in [5, 5.41) is 10.4. The van der Waals surface area contributed by atoms with E-state index in [2.05, 4.69) is 263 Å². The third-order valence-electron chi connectivity index (χ3n) is 19.3. The Hall–Kier alpha value is -8.32. The van der Waals surface area contributed by atoms with Crippen molar-refractivity contribution >= 4 is 43.1 Å². The van der Waals surface area contributed by atoms with Gasteiger partial charge in [-0.15, -0.1) is 0 Å². The van der Waals surface area contributed by atoms with E-state index in [1.807, 2.05) is 0 Å². The third-order valence-corrected chi connectivity index (χ3v) is 19.3. The third kappa shape index (κ3) is 6.28. The maximum absolute atomic E-state index is 2.54. The number of benzene rings is 12. The van der Waals surface area contributed by atoms with Gasteiger partial charge in [0.1, 0.15) is 0 Å². The van der Waals surface area contributed by atoms with Crippen molar-refractivity contribution in [2.24, 2.45) is 0 Å². The molecular formula is C77H62. The first kappa shape index (κ1) is 46.0. The van der Waals surface area contributed by atoms with E-state index in [-0.39, 0.29) is 16.2 Å². The molecule has 0 spiro atoms. The highest BCUT2D eigenvalue weighted by Crippen LogP contribution is 2.56. The molecule has 0 aliphatic heterocycles. The topological polar surface area (TPSA) is 0 Å². The maximum Gasteiger partial charge on any atom is 0.0159 e. The molecule has 77 heavy (non-hydrogen) atoms. The summed E-state index contributed by atoms with van der Waals surface area (Å²) in [6.07, 6.45) is 0. The minimum atomic E-state index is -0.254. The van der Waals surface area contributed by atoms with Gasteiger partial charge in [-0.3, -0.25) is 0 Å². The van der Waals surface area contributed by atoms with Crippen molar-refractivity contribution in [3.63, 3.8) is 0 Å². The Balaban J connectivity index is 0.885. The summed E-state index contributed by atoms with van der Waals surface area (Å²) in [5.41, 5.74) is 31.6. The lowest BCUT2D eigenvalue weighted by molar-refractivity contribution is 0.660. The van der Waals surface area contributed by atoms with Gasteiger partial charge in [-0.2, -0.15) is 0 Å². The molecule has 0 saturated heterocycles. The number of hydrogen-bond donors (Lipinski definition) is 0. The predicted molar refractivity (Wildman–Crippen MR) is 330 cm³/mol. The van der Waals surface area contributed by atoms with E-state index < -0.39 is 0 Å². The van der Waals surface area contributed by atoms with Crippen LogP contribution in [0.25, 0.3) is 121 Å². The maximum atomic E-state index is 2.54. The normalized spacial score (nSPS) is 14.9. The summed E-state index contributed by atoms with van der Waals surface area (Å²) in [6, 6.07) is 75.5. The molecule has 3 aliphatic rings. The second-order valence-corrected chi connectivity index (χ2v) is 24.6. The predicted octanol–water partition coefficient (Wildman–Crippen LogP) is 21.1. The van der Waals surface area contributed by atoms with Crippen LogP contribution in [0.15, 0.2) is 194 Å². The second kappa shape index (κ2) is 15.9. The minimum absolute atomic E-state index is 0.0884. The largest absolute Gasteiger partial charge is 0.0619 e. The van der Waals surface area contributed by atoms with Crippen LogP contribution in [0, 0.1) is 27.7 Å². The van der Waals surface area contributed by atoms with E-state index in [0.29, 0.717) is 0 Å². The molecule has 0 unspecified atom stereocenters. The van der Waals surface area contributed by atoms with Crippen LogP contribution < -0.4 is 0 Å². The molecule has 0 amide bonds. The van der Waals surface area contributed by atoms with Gasteiger partial charge in [0.05, 0.1) is 0 Å². The molecule has 15 rings (SSSR count). The van der Waals surface area contributed by atoms with E-state index in [1.165, 1.54) is 177 Å². The SMILES string of the molecule is Cc1cc2c(-c3ccc4c(c3)C(C)(C)c3ccccc3-4)c3ccccc3c(-c3ccc4c(c3)C(C)(C)c3cc(-c5c6ccccc6c(-c6ccc7c(c6)C(C)(C)c6ccccc6-7)c6cc(C)c(C)cc56)ccc3-4)c2cc1C. The molecule has 0 nitrogen and oxygen atoms in total. The lowest BCUT2D eigenvalue weighted by Gasteiger charge is -2.25. The molecule has 0 radical (unpaired) electrons. The Morgan fingerprint density at radius 1 is 0.208 bits per heavy atom. The van der Waals surface area contributed by atoms with Crippen LogP contribution in [0.2, 0.25) is 0 Å². The fourth-order valence-corrected chi connectivity index (χ4v) is 14.9. The average molecular weight is 987 g/mol. The van der Waals surface area contributed by atoms with Crippen molar-refractivity contribution in [3.8, 4) is 77.9 Å². The van der Waals surface area contributed by atoms with Crippen LogP contribution in [0.5, 0.6) is 0 Å². The smallest absolute Gasteiger partial charge is 0.0159 e. The monoisotopic (exact) mass is 986 g/mol. The lowest BCUT2D eigenvalue weighted by Crippen LogP contribution is -2.15. The van der Waals surface area contributed by atoms with E-state index in [9.17, 15) is 0 Å². The highest BCUT2D eigenvalue weighted by atomic mass is 14.4. The molecule has 0 N–H and O–H groups in total.